The second-order valence-corrected chi connectivity index (χ2v) is 13.5. The quantitative estimate of drug-likeness (QED) is 0.452. The van der Waals surface area contributed by atoms with Crippen LogP contribution in [0.15, 0.2) is 59.1 Å². The first-order chi connectivity index (χ1) is 15.2. The van der Waals surface area contributed by atoms with E-state index in [1.54, 1.807) is 31.4 Å². The molecule has 8 nitrogen and oxygen atoms in total. The van der Waals surface area contributed by atoms with Crippen molar-refractivity contribution in [1.82, 2.24) is 10.5 Å². The second-order valence-electron chi connectivity index (χ2n) is 8.42. The SMILES string of the molecule is COc1ccc(C(NC(=O)Cc2cc(O)no2)C(=O)Nc2ccc([Si](C)(C)C)cc2)cc1. The molecule has 0 radical (unpaired) electrons. The van der Waals surface area contributed by atoms with Gasteiger partial charge in [0.1, 0.15) is 17.6 Å². The molecule has 168 valence electrons. The Morgan fingerprint density at radius 3 is 2.28 bits per heavy atom. The largest absolute Gasteiger partial charge is 0.497 e. The first-order valence-corrected chi connectivity index (χ1v) is 13.6. The average Bonchev–Trinajstić information content (AvgIpc) is 3.16. The Balaban J connectivity index is 1.78. The van der Waals surface area contributed by atoms with Crippen molar-refractivity contribution in [2.24, 2.45) is 0 Å². The number of nitrogens with one attached hydrogen (secondary N) is 2. The third-order valence-electron chi connectivity index (χ3n) is 4.92. The molecule has 0 aliphatic rings. The highest BCUT2D eigenvalue weighted by atomic mass is 28.3. The summed E-state index contributed by atoms with van der Waals surface area (Å²) in [5.41, 5.74) is 1.24. The van der Waals surface area contributed by atoms with E-state index in [0.29, 0.717) is 17.0 Å². The summed E-state index contributed by atoms with van der Waals surface area (Å²) in [6.07, 6.45) is -0.168. The van der Waals surface area contributed by atoms with Gasteiger partial charge in [-0.1, -0.05) is 49.1 Å². The number of aromatic nitrogens is 1. The van der Waals surface area contributed by atoms with Gasteiger partial charge in [-0.2, -0.15) is 0 Å². The van der Waals surface area contributed by atoms with Crippen molar-refractivity contribution in [3.63, 3.8) is 0 Å². The minimum absolute atomic E-state index is 0.168. The molecule has 32 heavy (non-hydrogen) atoms. The van der Waals surface area contributed by atoms with E-state index in [9.17, 15) is 14.7 Å². The molecule has 1 atom stereocenters. The van der Waals surface area contributed by atoms with Crippen LogP contribution in [0.2, 0.25) is 19.6 Å². The van der Waals surface area contributed by atoms with Gasteiger partial charge in [-0.3, -0.25) is 9.59 Å². The number of hydrogen-bond donors (Lipinski definition) is 3. The molecule has 0 aliphatic carbocycles. The van der Waals surface area contributed by atoms with E-state index < -0.39 is 20.0 Å². The molecule has 0 saturated carbocycles. The monoisotopic (exact) mass is 453 g/mol. The van der Waals surface area contributed by atoms with Crippen molar-refractivity contribution >= 4 is 30.8 Å². The number of benzene rings is 2. The lowest BCUT2D eigenvalue weighted by molar-refractivity contribution is -0.126. The molecule has 1 heterocycles. The molecular weight excluding hydrogens is 426 g/mol. The van der Waals surface area contributed by atoms with E-state index in [1.165, 1.54) is 11.3 Å². The van der Waals surface area contributed by atoms with E-state index in [2.05, 4.69) is 35.4 Å². The van der Waals surface area contributed by atoms with Gasteiger partial charge in [-0.05, 0) is 35.0 Å². The summed E-state index contributed by atoms with van der Waals surface area (Å²) in [7, 11) is 0.103. The number of amides is 2. The van der Waals surface area contributed by atoms with Crippen LogP contribution < -0.4 is 20.6 Å². The topological polar surface area (TPSA) is 114 Å². The van der Waals surface area contributed by atoms with Crippen molar-refractivity contribution in [1.29, 1.82) is 0 Å². The Kier molecular flexibility index (Phi) is 6.99. The van der Waals surface area contributed by atoms with Crippen LogP contribution >= 0.6 is 0 Å². The molecule has 9 heteroatoms. The highest BCUT2D eigenvalue weighted by Crippen LogP contribution is 2.20. The van der Waals surface area contributed by atoms with E-state index in [-0.39, 0.29) is 24.0 Å². The van der Waals surface area contributed by atoms with Crippen LogP contribution in [0.25, 0.3) is 0 Å². The van der Waals surface area contributed by atoms with Crippen molar-refractivity contribution in [2.45, 2.75) is 32.1 Å². The van der Waals surface area contributed by atoms with Gasteiger partial charge >= 0.3 is 0 Å². The van der Waals surface area contributed by atoms with Crippen molar-refractivity contribution in [3.8, 4) is 11.6 Å². The van der Waals surface area contributed by atoms with Crippen LogP contribution in [-0.2, 0) is 16.0 Å². The molecular formula is C23H27N3O5Si. The summed E-state index contributed by atoms with van der Waals surface area (Å²) in [5, 5.41) is 19.5. The third kappa shape index (κ3) is 5.98. The van der Waals surface area contributed by atoms with E-state index in [4.69, 9.17) is 9.26 Å². The molecule has 0 fully saturated rings. The van der Waals surface area contributed by atoms with Gasteiger partial charge in [0.05, 0.1) is 21.6 Å². The fraction of sp³-hybridized carbons (Fsp3) is 0.261. The van der Waals surface area contributed by atoms with E-state index in [0.717, 1.165) is 0 Å². The second kappa shape index (κ2) is 9.69. The predicted octanol–water partition coefficient (Wildman–Crippen LogP) is 2.97. The molecule has 0 bridgehead atoms. The van der Waals surface area contributed by atoms with Gasteiger partial charge in [-0.25, -0.2) is 0 Å². The molecule has 0 aliphatic heterocycles. The molecule has 3 N–H and O–H groups in total. The molecule has 2 aromatic carbocycles. The van der Waals surface area contributed by atoms with Crippen LogP contribution in [0.3, 0.4) is 0 Å². The van der Waals surface area contributed by atoms with Gasteiger partial charge in [0.2, 0.25) is 5.91 Å². The van der Waals surface area contributed by atoms with E-state index in [1.807, 2.05) is 24.3 Å². The molecule has 3 rings (SSSR count). The van der Waals surface area contributed by atoms with Gasteiger partial charge in [-0.15, -0.1) is 0 Å². The molecule has 2 amide bonds. The summed E-state index contributed by atoms with van der Waals surface area (Å²) in [6.45, 7) is 6.76. The summed E-state index contributed by atoms with van der Waals surface area (Å²) in [5.74, 6) is -0.316. The van der Waals surface area contributed by atoms with Crippen LogP contribution in [0, 0.1) is 0 Å². The Hall–Kier alpha value is -3.59. The minimum Gasteiger partial charge on any atom is -0.497 e. The highest BCUT2D eigenvalue weighted by molar-refractivity contribution is 6.88. The number of carbonyl (C=O) groups is 2. The first kappa shape index (κ1) is 23.1. The van der Waals surface area contributed by atoms with Crippen LogP contribution in [0.1, 0.15) is 17.4 Å². The first-order valence-electron chi connectivity index (χ1n) is 10.1. The highest BCUT2D eigenvalue weighted by Gasteiger charge is 2.24. The normalized spacial score (nSPS) is 12.1. The molecule has 3 aromatic rings. The lowest BCUT2D eigenvalue weighted by atomic mass is 10.1. The van der Waals surface area contributed by atoms with Crippen LogP contribution in [-0.4, -0.2) is 37.3 Å². The number of carbonyl (C=O) groups excluding carboxylic acids is 2. The molecule has 1 aromatic heterocycles. The molecule has 0 spiro atoms. The number of methoxy groups -OCH3 is 1. The predicted molar refractivity (Wildman–Crippen MR) is 124 cm³/mol. The maximum Gasteiger partial charge on any atom is 0.251 e. The van der Waals surface area contributed by atoms with Crippen LogP contribution in [0.4, 0.5) is 5.69 Å². The Labute approximate surface area is 187 Å². The smallest absolute Gasteiger partial charge is 0.251 e. The summed E-state index contributed by atoms with van der Waals surface area (Å²) in [4.78, 5) is 25.7. The zero-order valence-corrected chi connectivity index (χ0v) is 19.5. The number of anilines is 1. The summed E-state index contributed by atoms with van der Waals surface area (Å²) >= 11 is 0. The maximum atomic E-state index is 13.1. The van der Waals surface area contributed by atoms with Crippen molar-refractivity contribution in [3.05, 3.63) is 65.9 Å². The summed E-state index contributed by atoms with van der Waals surface area (Å²) < 4.78 is 10.1. The number of nitrogens with zero attached hydrogens (tertiary/aromatic N) is 1. The van der Waals surface area contributed by atoms with Gasteiger partial charge in [0.25, 0.3) is 11.8 Å². The lowest BCUT2D eigenvalue weighted by Gasteiger charge is -2.20. The molecule has 0 saturated heterocycles. The number of aromatic hydroxyl groups is 1. The summed E-state index contributed by atoms with van der Waals surface area (Å²) in [6, 6.07) is 15.0. The zero-order chi connectivity index (χ0) is 23.3. The Morgan fingerprint density at radius 2 is 1.75 bits per heavy atom. The van der Waals surface area contributed by atoms with Crippen molar-refractivity contribution in [2.75, 3.05) is 12.4 Å². The minimum atomic E-state index is -1.45. The molecule has 1 unspecified atom stereocenters. The van der Waals surface area contributed by atoms with Gasteiger partial charge < -0.3 is 25.0 Å². The van der Waals surface area contributed by atoms with Crippen LogP contribution in [0.5, 0.6) is 11.6 Å². The number of hydrogen-bond acceptors (Lipinski definition) is 6. The maximum absolute atomic E-state index is 13.1. The fourth-order valence-corrected chi connectivity index (χ4v) is 4.29. The van der Waals surface area contributed by atoms with Crippen molar-refractivity contribution < 1.29 is 24.0 Å². The third-order valence-corrected chi connectivity index (χ3v) is 6.98. The Morgan fingerprint density at radius 1 is 1.09 bits per heavy atom. The lowest BCUT2D eigenvalue weighted by Crippen LogP contribution is -2.38. The van der Waals surface area contributed by atoms with Gasteiger partial charge in [0.15, 0.2) is 0 Å². The Bertz CT molecular complexity index is 1070. The van der Waals surface area contributed by atoms with E-state index >= 15 is 0 Å². The number of ether oxygens (including phenoxy) is 1. The van der Waals surface area contributed by atoms with Gasteiger partial charge in [0, 0.05) is 11.8 Å². The fourth-order valence-electron chi connectivity index (χ4n) is 3.12. The average molecular weight is 454 g/mol. The zero-order valence-electron chi connectivity index (χ0n) is 18.5. The number of rotatable bonds is 8. The standard InChI is InChI=1S/C23H27N3O5Si/c1-30-17-9-5-15(6-10-17)22(25-20(27)13-18-14-21(28)26-31-18)23(29)24-16-7-11-19(12-8-16)32(2,3)4/h5-12,14,22H,13H2,1-4H3,(H,24,29)(H,25,27)(H,26,28).